The lowest BCUT2D eigenvalue weighted by Crippen LogP contribution is -2.30. The molecule has 0 bridgehead atoms. The van der Waals surface area contributed by atoms with E-state index in [-0.39, 0.29) is 5.82 Å². The zero-order chi connectivity index (χ0) is 21.9. The predicted molar refractivity (Wildman–Crippen MR) is 128 cm³/mol. The number of imidazole rings is 1. The summed E-state index contributed by atoms with van der Waals surface area (Å²) in [6, 6.07) is 21.2. The van der Waals surface area contributed by atoms with Crippen molar-refractivity contribution in [2.75, 3.05) is 20.2 Å². The van der Waals surface area contributed by atoms with Crippen LogP contribution in [0.4, 0.5) is 4.39 Å². The number of ether oxygens (including phenoxy) is 1. The first-order valence-corrected chi connectivity index (χ1v) is 11.9. The number of benzene rings is 2. The first-order chi connectivity index (χ1) is 15.7. The van der Waals surface area contributed by atoms with Crippen LogP contribution < -0.4 is 4.74 Å². The van der Waals surface area contributed by atoms with Crippen LogP contribution in [-0.2, 0) is 5.75 Å². The fourth-order valence-corrected chi connectivity index (χ4v) is 5.45. The number of rotatable bonds is 6. The molecule has 4 aromatic rings. The molecule has 32 heavy (non-hydrogen) atoms. The minimum absolute atomic E-state index is 0.173. The van der Waals surface area contributed by atoms with E-state index in [1.807, 2.05) is 24.3 Å². The van der Waals surface area contributed by atoms with E-state index < -0.39 is 0 Å². The van der Waals surface area contributed by atoms with Gasteiger partial charge in [0.05, 0.1) is 18.3 Å². The van der Waals surface area contributed by atoms with E-state index in [4.69, 9.17) is 9.72 Å². The Kier molecular flexibility index (Phi) is 6.14. The maximum absolute atomic E-state index is 13.5. The Morgan fingerprint density at radius 1 is 1.09 bits per heavy atom. The van der Waals surface area contributed by atoms with Gasteiger partial charge in [-0.15, -0.1) is 0 Å². The lowest BCUT2D eigenvalue weighted by Gasteiger charge is -2.31. The number of methoxy groups -OCH3 is 1. The second-order valence-corrected chi connectivity index (χ2v) is 9.20. The third kappa shape index (κ3) is 4.38. The molecule has 6 heteroatoms. The Morgan fingerprint density at radius 2 is 2.00 bits per heavy atom. The second kappa shape index (κ2) is 9.35. The van der Waals surface area contributed by atoms with Gasteiger partial charge in [-0.2, -0.15) is 0 Å². The largest absolute Gasteiger partial charge is 0.497 e. The van der Waals surface area contributed by atoms with Gasteiger partial charge >= 0.3 is 0 Å². The summed E-state index contributed by atoms with van der Waals surface area (Å²) in [5.41, 5.74) is 4.18. The smallest absolute Gasteiger partial charge is 0.123 e. The fraction of sp³-hybridized carbons (Fsp3) is 0.269. The zero-order valence-corrected chi connectivity index (χ0v) is 18.9. The number of fused-ring (bicyclic) bond motifs is 1. The third-order valence-corrected chi connectivity index (χ3v) is 7.13. The molecule has 1 atom stereocenters. The van der Waals surface area contributed by atoms with Gasteiger partial charge in [0.15, 0.2) is 0 Å². The van der Waals surface area contributed by atoms with E-state index in [0.717, 1.165) is 65.6 Å². The first kappa shape index (κ1) is 21.0. The van der Waals surface area contributed by atoms with Crippen LogP contribution in [0.2, 0.25) is 0 Å². The highest BCUT2D eigenvalue weighted by Crippen LogP contribution is 2.35. The quantitative estimate of drug-likeness (QED) is 0.330. The van der Waals surface area contributed by atoms with E-state index in [9.17, 15) is 4.39 Å². The van der Waals surface area contributed by atoms with Crippen molar-refractivity contribution in [2.24, 2.45) is 0 Å². The van der Waals surface area contributed by atoms with Crippen LogP contribution in [0.5, 0.6) is 5.75 Å². The number of aromatic nitrogens is 2. The zero-order valence-electron chi connectivity index (χ0n) is 18.1. The van der Waals surface area contributed by atoms with Gasteiger partial charge in [-0.25, -0.2) is 13.7 Å². The first-order valence-electron chi connectivity index (χ1n) is 10.9. The summed E-state index contributed by atoms with van der Waals surface area (Å²) >= 11 is 1.78. The monoisotopic (exact) mass is 447 g/mol. The summed E-state index contributed by atoms with van der Waals surface area (Å²) in [5, 5.41) is 0. The average molecular weight is 448 g/mol. The number of nitrogens with zero attached hydrogens (tertiary/aromatic N) is 3. The number of hydrogen-bond acceptors (Lipinski definition) is 4. The maximum atomic E-state index is 13.5. The van der Waals surface area contributed by atoms with Gasteiger partial charge in [-0.1, -0.05) is 42.3 Å². The van der Waals surface area contributed by atoms with Gasteiger partial charge in [-0.3, -0.25) is 0 Å². The fourth-order valence-electron chi connectivity index (χ4n) is 4.40. The van der Waals surface area contributed by atoms with Crippen LogP contribution in [0.1, 0.15) is 30.1 Å². The van der Waals surface area contributed by atoms with Crippen molar-refractivity contribution in [1.29, 1.82) is 0 Å². The highest BCUT2D eigenvalue weighted by molar-refractivity contribution is 7.96. The molecule has 1 unspecified atom stereocenters. The molecule has 1 aliphatic rings. The highest BCUT2D eigenvalue weighted by atomic mass is 32.2. The number of piperidine rings is 1. The standard InChI is InChI=1S/C26H26FN3OS/c1-31-23-11-5-8-20(16-23)25-24-12-2-3-14-30(24)26(28-25)21-9-6-13-29(17-21)32-18-19-7-4-10-22(27)15-19/h2-5,7-8,10-12,14-16,21H,6,9,13,17-18H2,1H3. The van der Waals surface area contributed by atoms with Gasteiger partial charge in [0.25, 0.3) is 0 Å². The topological polar surface area (TPSA) is 29.8 Å². The summed E-state index contributed by atoms with van der Waals surface area (Å²) in [7, 11) is 1.69. The number of hydrogen-bond donors (Lipinski definition) is 0. The van der Waals surface area contributed by atoms with Crippen molar-refractivity contribution < 1.29 is 9.13 Å². The molecule has 5 rings (SSSR count). The molecule has 0 aliphatic carbocycles. The van der Waals surface area contributed by atoms with Gasteiger partial charge < -0.3 is 9.14 Å². The second-order valence-electron chi connectivity index (χ2n) is 8.14. The summed E-state index contributed by atoms with van der Waals surface area (Å²) < 4.78 is 23.6. The molecular weight excluding hydrogens is 421 g/mol. The normalized spacial score (nSPS) is 17.0. The number of halogens is 1. The highest BCUT2D eigenvalue weighted by Gasteiger charge is 2.26. The minimum atomic E-state index is -0.173. The summed E-state index contributed by atoms with van der Waals surface area (Å²) in [6.45, 7) is 1.98. The molecule has 1 saturated heterocycles. The van der Waals surface area contributed by atoms with Crippen molar-refractivity contribution in [2.45, 2.75) is 24.5 Å². The van der Waals surface area contributed by atoms with E-state index in [0.29, 0.717) is 5.92 Å². The molecule has 1 aliphatic heterocycles. The summed E-state index contributed by atoms with van der Waals surface area (Å²) in [5.74, 6) is 2.89. The average Bonchev–Trinajstić information content (AvgIpc) is 3.23. The maximum Gasteiger partial charge on any atom is 0.123 e. The lowest BCUT2D eigenvalue weighted by molar-refractivity contribution is 0.333. The Labute approximate surface area is 192 Å². The molecule has 0 spiro atoms. The van der Waals surface area contributed by atoms with Gasteiger partial charge in [0, 0.05) is 36.5 Å². The van der Waals surface area contributed by atoms with Crippen molar-refractivity contribution in [1.82, 2.24) is 13.7 Å². The van der Waals surface area contributed by atoms with Crippen LogP contribution in [0.15, 0.2) is 72.9 Å². The summed E-state index contributed by atoms with van der Waals surface area (Å²) in [4.78, 5) is 5.14. The van der Waals surface area contributed by atoms with E-state index >= 15 is 0 Å². The molecule has 4 nitrogen and oxygen atoms in total. The van der Waals surface area contributed by atoms with Crippen molar-refractivity contribution >= 4 is 17.5 Å². The molecular formula is C26H26FN3OS. The van der Waals surface area contributed by atoms with Crippen LogP contribution in [0.25, 0.3) is 16.8 Å². The molecule has 2 aromatic heterocycles. The number of pyridine rings is 1. The minimum Gasteiger partial charge on any atom is -0.497 e. The molecule has 0 saturated carbocycles. The molecule has 0 amide bonds. The van der Waals surface area contributed by atoms with Crippen LogP contribution in [-0.4, -0.2) is 33.9 Å². The van der Waals surface area contributed by atoms with Crippen molar-refractivity contribution in [3.63, 3.8) is 0 Å². The Balaban J connectivity index is 1.40. The van der Waals surface area contributed by atoms with Gasteiger partial charge in [0.1, 0.15) is 17.4 Å². The summed E-state index contributed by atoms with van der Waals surface area (Å²) in [6.07, 6.45) is 4.35. The Morgan fingerprint density at radius 3 is 2.88 bits per heavy atom. The molecule has 164 valence electrons. The van der Waals surface area contributed by atoms with E-state index in [2.05, 4.69) is 39.2 Å². The van der Waals surface area contributed by atoms with Gasteiger partial charge in [0.2, 0.25) is 0 Å². The predicted octanol–water partition coefficient (Wildman–Crippen LogP) is 6.18. The van der Waals surface area contributed by atoms with Crippen molar-refractivity contribution in [3.05, 3.63) is 90.1 Å². The van der Waals surface area contributed by atoms with Crippen LogP contribution in [0, 0.1) is 5.82 Å². The van der Waals surface area contributed by atoms with E-state index in [1.54, 1.807) is 31.2 Å². The van der Waals surface area contributed by atoms with Crippen LogP contribution >= 0.6 is 11.9 Å². The van der Waals surface area contributed by atoms with Crippen LogP contribution in [0.3, 0.4) is 0 Å². The van der Waals surface area contributed by atoms with Gasteiger partial charge in [-0.05, 0) is 54.8 Å². The molecule has 3 heterocycles. The lowest BCUT2D eigenvalue weighted by atomic mass is 9.99. The molecule has 0 N–H and O–H groups in total. The molecule has 2 aromatic carbocycles. The molecule has 0 radical (unpaired) electrons. The third-order valence-electron chi connectivity index (χ3n) is 5.97. The Hall–Kier alpha value is -2.83. The SMILES string of the molecule is COc1cccc(-c2nc(C3CCCN(SCc4cccc(F)c4)C3)n3ccccc23)c1. The molecule has 1 fully saturated rings. The van der Waals surface area contributed by atoms with Crippen molar-refractivity contribution in [3.8, 4) is 17.0 Å². The Bertz CT molecular complexity index is 1220. The van der Waals surface area contributed by atoms with E-state index in [1.165, 1.54) is 6.07 Å².